The van der Waals surface area contributed by atoms with E-state index in [0.717, 1.165) is 0 Å². The first kappa shape index (κ1) is 18.6. The lowest BCUT2D eigenvalue weighted by molar-refractivity contribution is 0.0686. The van der Waals surface area contributed by atoms with Gasteiger partial charge in [0.05, 0.1) is 35.6 Å². The van der Waals surface area contributed by atoms with Crippen LogP contribution in [-0.2, 0) is 6.54 Å². The molecular formula is C21H17ClN4O4. The predicted molar refractivity (Wildman–Crippen MR) is 110 cm³/mol. The van der Waals surface area contributed by atoms with E-state index in [4.69, 9.17) is 16.3 Å². The van der Waals surface area contributed by atoms with Crippen LogP contribution in [0.5, 0.6) is 5.75 Å². The number of fused-ring (bicyclic) bond motifs is 2. The molecule has 5 rings (SSSR count). The minimum absolute atomic E-state index is 0.193. The number of hydrogen-bond donors (Lipinski definition) is 1. The Bertz CT molecular complexity index is 1360. The standard InChI is InChI=1S/C21H17ClN4O4/c22-15-7-18-23-13(8-25(18)10-17(15)30-11-12-5-6-12)9-26-16-4-2-1-3-14(16)20(27)19(24-26)21(28)29/h1-4,7-8,10,12H,5-6,9,11H2,(H,28,29). The molecule has 0 spiro atoms. The average Bonchev–Trinajstić information content (AvgIpc) is 3.48. The van der Waals surface area contributed by atoms with Gasteiger partial charge in [-0.25, -0.2) is 9.78 Å². The third-order valence-corrected chi connectivity index (χ3v) is 5.40. The number of carboxylic acids is 1. The van der Waals surface area contributed by atoms with Crippen LogP contribution >= 0.6 is 11.6 Å². The number of carboxylic acid groups (broad SMARTS) is 1. The van der Waals surface area contributed by atoms with E-state index >= 15 is 0 Å². The van der Waals surface area contributed by atoms with Crippen molar-refractivity contribution in [3.63, 3.8) is 0 Å². The van der Waals surface area contributed by atoms with Gasteiger partial charge in [-0.05, 0) is 30.9 Å². The smallest absolute Gasteiger partial charge is 0.360 e. The molecule has 8 nitrogen and oxygen atoms in total. The molecule has 0 unspecified atom stereocenters. The second kappa shape index (κ2) is 7.14. The minimum Gasteiger partial charge on any atom is -0.490 e. The first-order chi connectivity index (χ1) is 14.5. The van der Waals surface area contributed by atoms with Gasteiger partial charge in [-0.3, -0.25) is 9.48 Å². The molecule has 0 radical (unpaired) electrons. The molecule has 1 N–H and O–H groups in total. The summed E-state index contributed by atoms with van der Waals surface area (Å²) in [5.41, 5.74) is 0.696. The van der Waals surface area contributed by atoms with E-state index in [-0.39, 0.29) is 6.54 Å². The summed E-state index contributed by atoms with van der Waals surface area (Å²) in [5, 5.41) is 14.2. The average molecular weight is 425 g/mol. The Morgan fingerprint density at radius 3 is 2.83 bits per heavy atom. The van der Waals surface area contributed by atoms with Gasteiger partial charge in [0.1, 0.15) is 5.65 Å². The van der Waals surface area contributed by atoms with Gasteiger partial charge in [0.25, 0.3) is 0 Å². The number of carbonyl (C=O) groups is 1. The van der Waals surface area contributed by atoms with Crippen molar-refractivity contribution in [1.82, 2.24) is 19.2 Å². The number of para-hydroxylation sites is 1. The quantitative estimate of drug-likeness (QED) is 0.510. The molecule has 1 aliphatic carbocycles. The number of halogens is 1. The first-order valence-electron chi connectivity index (χ1n) is 9.52. The van der Waals surface area contributed by atoms with Gasteiger partial charge in [-0.2, -0.15) is 5.10 Å². The summed E-state index contributed by atoms with van der Waals surface area (Å²) < 4.78 is 9.10. The van der Waals surface area contributed by atoms with E-state index in [9.17, 15) is 14.7 Å². The number of nitrogens with zero attached hydrogens (tertiary/aromatic N) is 4. The number of imidazole rings is 1. The molecule has 0 saturated heterocycles. The number of aromatic carboxylic acids is 1. The van der Waals surface area contributed by atoms with Gasteiger partial charge in [0, 0.05) is 17.6 Å². The van der Waals surface area contributed by atoms with E-state index in [2.05, 4.69) is 10.1 Å². The monoisotopic (exact) mass is 424 g/mol. The van der Waals surface area contributed by atoms with E-state index < -0.39 is 17.1 Å². The summed E-state index contributed by atoms with van der Waals surface area (Å²) in [4.78, 5) is 28.4. The summed E-state index contributed by atoms with van der Waals surface area (Å²) in [6.45, 7) is 0.844. The maximum absolute atomic E-state index is 12.4. The van der Waals surface area contributed by atoms with Crippen LogP contribution in [0.1, 0.15) is 29.0 Å². The van der Waals surface area contributed by atoms with Crippen molar-refractivity contribution < 1.29 is 14.6 Å². The van der Waals surface area contributed by atoms with Crippen LogP contribution in [-0.4, -0.2) is 36.8 Å². The highest BCUT2D eigenvalue weighted by molar-refractivity contribution is 6.32. The molecule has 30 heavy (non-hydrogen) atoms. The lowest BCUT2D eigenvalue weighted by Crippen LogP contribution is -2.23. The van der Waals surface area contributed by atoms with Crippen LogP contribution in [0.25, 0.3) is 16.6 Å². The molecule has 0 aliphatic heterocycles. The van der Waals surface area contributed by atoms with Gasteiger partial charge in [-0.1, -0.05) is 23.7 Å². The fourth-order valence-corrected chi connectivity index (χ4v) is 3.57. The fourth-order valence-electron chi connectivity index (χ4n) is 3.37. The first-order valence-corrected chi connectivity index (χ1v) is 9.90. The number of pyridine rings is 1. The molecule has 0 amide bonds. The molecule has 0 bridgehead atoms. The number of benzene rings is 1. The molecule has 152 valence electrons. The maximum Gasteiger partial charge on any atom is 0.360 e. The van der Waals surface area contributed by atoms with E-state index in [1.807, 2.05) is 10.6 Å². The maximum atomic E-state index is 12.4. The van der Waals surface area contributed by atoms with Crippen LogP contribution in [0.3, 0.4) is 0 Å². The van der Waals surface area contributed by atoms with Crippen molar-refractivity contribution in [3.05, 3.63) is 69.4 Å². The highest BCUT2D eigenvalue weighted by Gasteiger charge is 2.22. The molecule has 3 aromatic heterocycles. The summed E-state index contributed by atoms with van der Waals surface area (Å²) in [7, 11) is 0. The van der Waals surface area contributed by atoms with Gasteiger partial charge in [0.2, 0.25) is 11.1 Å². The lowest BCUT2D eigenvalue weighted by atomic mass is 10.2. The zero-order valence-corrected chi connectivity index (χ0v) is 16.5. The highest BCUT2D eigenvalue weighted by Crippen LogP contribution is 2.32. The van der Waals surface area contributed by atoms with Crippen molar-refractivity contribution in [2.45, 2.75) is 19.4 Å². The van der Waals surface area contributed by atoms with Crippen LogP contribution in [0.15, 0.2) is 47.5 Å². The van der Waals surface area contributed by atoms with Gasteiger partial charge >= 0.3 is 5.97 Å². The normalized spacial score (nSPS) is 13.8. The molecule has 1 fully saturated rings. The Morgan fingerprint density at radius 1 is 1.27 bits per heavy atom. The summed E-state index contributed by atoms with van der Waals surface area (Å²) in [6, 6.07) is 8.51. The molecule has 1 aromatic carbocycles. The predicted octanol–water partition coefficient (Wildman–Crippen LogP) is 3.23. The van der Waals surface area contributed by atoms with Crippen molar-refractivity contribution in [2.75, 3.05) is 6.61 Å². The largest absolute Gasteiger partial charge is 0.490 e. The second-order valence-corrected chi connectivity index (χ2v) is 7.80. The molecular weight excluding hydrogens is 408 g/mol. The fraction of sp³-hybridized carbons (Fsp3) is 0.238. The minimum atomic E-state index is -1.36. The number of rotatable bonds is 6. The number of ether oxygens (including phenoxy) is 1. The van der Waals surface area contributed by atoms with Crippen molar-refractivity contribution in [3.8, 4) is 5.75 Å². The summed E-state index contributed by atoms with van der Waals surface area (Å²) in [6.07, 6.45) is 5.97. The molecule has 3 heterocycles. The van der Waals surface area contributed by atoms with Gasteiger partial charge in [-0.15, -0.1) is 0 Å². The molecule has 1 saturated carbocycles. The van der Waals surface area contributed by atoms with Gasteiger partial charge < -0.3 is 14.2 Å². The van der Waals surface area contributed by atoms with Gasteiger partial charge in [0.15, 0.2) is 5.75 Å². The molecule has 4 aromatic rings. The SMILES string of the molecule is O=C(O)c1nn(Cc2cn3cc(OCC4CC4)c(Cl)cc3n2)c2ccccc2c1=O. The van der Waals surface area contributed by atoms with E-state index in [0.29, 0.717) is 45.5 Å². The van der Waals surface area contributed by atoms with Crippen LogP contribution in [0.4, 0.5) is 0 Å². The Morgan fingerprint density at radius 2 is 2.07 bits per heavy atom. The molecule has 9 heteroatoms. The Kier molecular flexibility index (Phi) is 4.43. The Labute approximate surface area is 175 Å². The van der Waals surface area contributed by atoms with E-state index in [1.54, 1.807) is 36.5 Å². The Hall–Kier alpha value is -3.39. The third-order valence-electron chi connectivity index (χ3n) is 5.11. The van der Waals surface area contributed by atoms with E-state index in [1.165, 1.54) is 17.5 Å². The van der Waals surface area contributed by atoms with Crippen LogP contribution in [0, 0.1) is 5.92 Å². The second-order valence-electron chi connectivity index (χ2n) is 7.40. The van der Waals surface area contributed by atoms with Crippen molar-refractivity contribution in [1.29, 1.82) is 0 Å². The third kappa shape index (κ3) is 3.39. The zero-order valence-electron chi connectivity index (χ0n) is 15.8. The Balaban J connectivity index is 1.53. The van der Waals surface area contributed by atoms with Crippen molar-refractivity contribution >= 4 is 34.1 Å². The summed E-state index contributed by atoms with van der Waals surface area (Å²) in [5.74, 6) is -0.155. The number of aromatic nitrogens is 4. The topological polar surface area (TPSA) is 98.7 Å². The van der Waals surface area contributed by atoms with Crippen molar-refractivity contribution in [2.24, 2.45) is 5.92 Å². The van der Waals surface area contributed by atoms with Crippen LogP contribution < -0.4 is 10.2 Å². The number of hydrogen-bond acceptors (Lipinski definition) is 5. The molecule has 1 aliphatic rings. The lowest BCUT2D eigenvalue weighted by Gasteiger charge is -2.09. The molecule has 0 atom stereocenters. The summed E-state index contributed by atoms with van der Waals surface area (Å²) >= 11 is 6.33. The van der Waals surface area contributed by atoms with Crippen LogP contribution in [0.2, 0.25) is 5.02 Å². The highest BCUT2D eigenvalue weighted by atomic mass is 35.5. The zero-order chi connectivity index (χ0) is 20.8.